The van der Waals surface area contributed by atoms with Crippen molar-refractivity contribution < 1.29 is 23.4 Å². The fraction of sp³-hybridized carbons (Fsp3) is 0.278. The Morgan fingerprint density at radius 1 is 1.21 bits per heavy atom. The molecule has 0 fully saturated rings. The average Bonchev–Trinajstić information content (AvgIpc) is 2.54. The largest absolute Gasteiger partial charge is 0.497 e. The monoisotopic (exact) mass is 335 g/mol. The zero-order valence-electron chi connectivity index (χ0n) is 13.5. The molecule has 0 aliphatic rings. The van der Waals surface area contributed by atoms with Gasteiger partial charge in [-0.3, -0.25) is 4.79 Å². The molecule has 0 bridgehead atoms. The number of halogens is 2. The Labute approximate surface area is 139 Å². The molecule has 24 heavy (non-hydrogen) atoms. The van der Waals surface area contributed by atoms with E-state index in [1.807, 2.05) is 0 Å². The molecule has 2 rings (SSSR count). The number of benzene rings is 2. The second-order valence-electron chi connectivity index (χ2n) is 5.43. The van der Waals surface area contributed by atoms with E-state index in [9.17, 15) is 13.6 Å². The van der Waals surface area contributed by atoms with Crippen LogP contribution in [0.15, 0.2) is 36.4 Å². The number of carbonyl (C=O) groups excluding carboxylic acids is 1. The van der Waals surface area contributed by atoms with Gasteiger partial charge in [-0.15, -0.1) is 0 Å². The highest BCUT2D eigenvalue weighted by molar-refractivity contribution is 5.95. The van der Waals surface area contributed by atoms with Gasteiger partial charge in [-0.25, -0.2) is 8.78 Å². The summed E-state index contributed by atoms with van der Waals surface area (Å²) in [6.07, 6.45) is -0.168. The van der Waals surface area contributed by atoms with Gasteiger partial charge in [-0.2, -0.15) is 0 Å². The Kier molecular flexibility index (Phi) is 5.87. The first-order valence-corrected chi connectivity index (χ1v) is 7.52. The lowest BCUT2D eigenvalue weighted by molar-refractivity contribution is 0.0941. The first-order chi connectivity index (χ1) is 11.4. The maximum atomic E-state index is 14.2. The molecule has 0 saturated heterocycles. The summed E-state index contributed by atoms with van der Waals surface area (Å²) in [5, 5.41) is 11.7. The molecule has 6 heteroatoms. The third-order valence-corrected chi connectivity index (χ3v) is 3.55. The highest BCUT2D eigenvalue weighted by atomic mass is 19.1. The fourth-order valence-corrected chi connectivity index (χ4v) is 2.21. The van der Waals surface area contributed by atoms with Gasteiger partial charge in [-0.05, 0) is 43.2 Å². The normalized spacial score (nSPS) is 11.9. The Morgan fingerprint density at radius 2 is 1.96 bits per heavy atom. The molecule has 0 heterocycles. The van der Waals surface area contributed by atoms with Crippen LogP contribution in [0.2, 0.25) is 0 Å². The van der Waals surface area contributed by atoms with Crippen LogP contribution in [-0.4, -0.2) is 30.8 Å². The molecule has 1 unspecified atom stereocenters. The molecule has 2 N–H and O–H groups in total. The molecule has 2 aromatic carbocycles. The van der Waals surface area contributed by atoms with Gasteiger partial charge in [0.05, 0.1) is 18.8 Å². The van der Waals surface area contributed by atoms with Crippen molar-refractivity contribution in [3.05, 3.63) is 53.6 Å². The van der Waals surface area contributed by atoms with Crippen molar-refractivity contribution in [3.63, 3.8) is 0 Å². The minimum Gasteiger partial charge on any atom is -0.497 e. The predicted molar refractivity (Wildman–Crippen MR) is 87.0 cm³/mol. The predicted octanol–water partition coefficient (Wildman–Crippen LogP) is 3.14. The second-order valence-corrected chi connectivity index (χ2v) is 5.43. The van der Waals surface area contributed by atoms with E-state index in [0.717, 1.165) is 6.07 Å². The summed E-state index contributed by atoms with van der Waals surface area (Å²) in [5.41, 5.74) is 0.419. The van der Waals surface area contributed by atoms with Gasteiger partial charge in [0.2, 0.25) is 0 Å². The molecule has 0 aromatic heterocycles. The van der Waals surface area contributed by atoms with Crippen molar-refractivity contribution in [2.45, 2.75) is 19.4 Å². The smallest absolute Gasteiger partial charge is 0.254 e. The van der Waals surface area contributed by atoms with Crippen LogP contribution < -0.4 is 10.1 Å². The van der Waals surface area contributed by atoms with E-state index in [2.05, 4.69) is 5.32 Å². The fourth-order valence-electron chi connectivity index (χ4n) is 2.21. The Hall–Kier alpha value is -2.47. The topological polar surface area (TPSA) is 58.6 Å². The van der Waals surface area contributed by atoms with Crippen molar-refractivity contribution in [3.8, 4) is 16.9 Å². The van der Waals surface area contributed by atoms with Crippen LogP contribution in [0.3, 0.4) is 0 Å². The lowest BCUT2D eigenvalue weighted by Gasteiger charge is -2.10. The third kappa shape index (κ3) is 4.29. The van der Waals surface area contributed by atoms with Crippen LogP contribution in [0.5, 0.6) is 5.75 Å². The van der Waals surface area contributed by atoms with E-state index >= 15 is 0 Å². The van der Waals surface area contributed by atoms with E-state index in [4.69, 9.17) is 9.84 Å². The van der Waals surface area contributed by atoms with Crippen molar-refractivity contribution in [2.75, 3.05) is 13.7 Å². The van der Waals surface area contributed by atoms with E-state index in [1.54, 1.807) is 13.0 Å². The number of ether oxygens (including phenoxy) is 1. The second kappa shape index (κ2) is 7.88. The van der Waals surface area contributed by atoms with Gasteiger partial charge < -0.3 is 15.2 Å². The molecule has 0 aliphatic carbocycles. The van der Waals surface area contributed by atoms with Gasteiger partial charge in [0.25, 0.3) is 5.91 Å². The van der Waals surface area contributed by atoms with Crippen molar-refractivity contribution in [1.82, 2.24) is 5.32 Å². The molecule has 4 nitrogen and oxygen atoms in total. The minimum absolute atomic E-state index is 0.127. The molecule has 1 amide bonds. The highest BCUT2D eigenvalue weighted by Crippen LogP contribution is 2.27. The lowest BCUT2D eigenvalue weighted by Crippen LogP contribution is -2.27. The van der Waals surface area contributed by atoms with E-state index in [-0.39, 0.29) is 17.7 Å². The summed E-state index contributed by atoms with van der Waals surface area (Å²) in [4.78, 5) is 11.9. The van der Waals surface area contributed by atoms with Gasteiger partial charge >= 0.3 is 0 Å². The quantitative estimate of drug-likeness (QED) is 0.853. The maximum absolute atomic E-state index is 14.2. The molecule has 0 radical (unpaired) electrons. The molecule has 2 aromatic rings. The number of amides is 1. The number of hydrogen-bond donors (Lipinski definition) is 2. The van der Waals surface area contributed by atoms with Crippen LogP contribution in [0, 0.1) is 11.6 Å². The number of nitrogens with one attached hydrogen (secondary N) is 1. The zero-order valence-corrected chi connectivity index (χ0v) is 13.5. The molecule has 0 saturated carbocycles. The number of rotatable bonds is 6. The van der Waals surface area contributed by atoms with Gasteiger partial charge in [0, 0.05) is 18.2 Å². The minimum atomic E-state index is -0.739. The van der Waals surface area contributed by atoms with Crippen LogP contribution >= 0.6 is 0 Å². The Morgan fingerprint density at radius 3 is 2.54 bits per heavy atom. The summed E-state index contributed by atoms with van der Waals surface area (Å²) >= 11 is 0. The highest BCUT2D eigenvalue weighted by Gasteiger charge is 2.14. The molecular weight excluding hydrogens is 316 g/mol. The SMILES string of the molecule is COc1ccc(-c2ccc(C(=O)NCCC(C)O)c(F)c2)c(F)c1. The van der Waals surface area contributed by atoms with Gasteiger partial charge in [-0.1, -0.05) is 6.07 Å². The average molecular weight is 335 g/mol. The van der Waals surface area contributed by atoms with Crippen LogP contribution in [0.25, 0.3) is 11.1 Å². The van der Waals surface area contributed by atoms with E-state index < -0.39 is 23.6 Å². The van der Waals surface area contributed by atoms with Crippen molar-refractivity contribution in [2.24, 2.45) is 0 Å². The molecular formula is C18H19F2NO3. The molecule has 1 atom stereocenters. The number of methoxy groups -OCH3 is 1. The number of carbonyl (C=O) groups is 1. The lowest BCUT2D eigenvalue weighted by atomic mass is 10.0. The Bertz CT molecular complexity index is 732. The number of hydrogen-bond acceptors (Lipinski definition) is 3. The standard InChI is InChI=1S/C18H19F2NO3/c1-11(22)7-8-21-18(23)15-5-3-12(9-16(15)19)14-6-4-13(24-2)10-17(14)20/h3-6,9-11,22H,7-8H2,1-2H3,(H,21,23). The zero-order chi connectivity index (χ0) is 17.7. The first-order valence-electron chi connectivity index (χ1n) is 7.52. The van der Waals surface area contributed by atoms with Crippen LogP contribution in [0.1, 0.15) is 23.7 Å². The molecule has 0 aliphatic heterocycles. The first kappa shape index (κ1) is 17.9. The van der Waals surface area contributed by atoms with Crippen LogP contribution in [-0.2, 0) is 0 Å². The van der Waals surface area contributed by atoms with Crippen molar-refractivity contribution >= 4 is 5.91 Å². The maximum Gasteiger partial charge on any atom is 0.254 e. The summed E-state index contributed by atoms with van der Waals surface area (Å²) in [6.45, 7) is 1.84. The summed E-state index contributed by atoms with van der Waals surface area (Å²) in [7, 11) is 1.43. The van der Waals surface area contributed by atoms with E-state index in [1.165, 1.54) is 31.4 Å². The van der Waals surface area contributed by atoms with Gasteiger partial charge in [0.15, 0.2) is 0 Å². The Balaban J connectivity index is 2.19. The number of aliphatic hydroxyl groups is 1. The van der Waals surface area contributed by atoms with Gasteiger partial charge in [0.1, 0.15) is 17.4 Å². The molecule has 128 valence electrons. The summed E-state index contributed by atoms with van der Waals surface area (Å²) in [6, 6.07) is 8.19. The summed E-state index contributed by atoms with van der Waals surface area (Å²) in [5.74, 6) is -1.49. The third-order valence-electron chi connectivity index (χ3n) is 3.55. The van der Waals surface area contributed by atoms with E-state index in [0.29, 0.717) is 17.7 Å². The van der Waals surface area contributed by atoms with Crippen LogP contribution in [0.4, 0.5) is 8.78 Å². The summed E-state index contributed by atoms with van der Waals surface area (Å²) < 4.78 is 33.2. The van der Waals surface area contributed by atoms with Crippen molar-refractivity contribution in [1.29, 1.82) is 0 Å². The number of aliphatic hydroxyl groups excluding tert-OH is 1. The molecule has 0 spiro atoms.